The summed E-state index contributed by atoms with van der Waals surface area (Å²) in [6, 6.07) is 4.28. The van der Waals surface area contributed by atoms with Gasteiger partial charge in [0, 0.05) is 39.4 Å². The predicted octanol–water partition coefficient (Wildman–Crippen LogP) is 3.17. The third kappa shape index (κ3) is 5.69. The van der Waals surface area contributed by atoms with Crippen molar-refractivity contribution in [3.8, 4) is 0 Å². The average Bonchev–Trinajstić information content (AvgIpc) is 2.66. The van der Waals surface area contributed by atoms with E-state index in [2.05, 4.69) is 51.5 Å². The van der Waals surface area contributed by atoms with Crippen LogP contribution in [-0.4, -0.2) is 37.6 Å². The topological polar surface area (TPSA) is 52.6 Å². The van der Waals surface area contributed by atoms with Crippen molar-refractivity contribution >= 4 is 11.8 Å². The quantitative estimate of drug-likeness (QED) is 0.595. The van der Waals surface area contributed by atoms with Crippen LogP contribution < -0.4 is 15.5 Å². The van der Waals surface area contributed by atoms with Gasteiger partial charge in [0.05, 0.1) is 0 Å². The van der Waals surface area contributed by atoms with Crippen molar-refractivity contribution in [3.63, 3.8) is 0 Å². The molecule has 0 saturated carbocycles. The van der Waals surface area contributed by atoms with Gasteiger partial charge in [0.1, 0.15) is 5.82 Å². The van der Waals surface area contributed by atoms with Gasteiger partial charge in [-0.05, 0) is 42.9 Å². The molecule has 0 spiro atoms. The molecule has 0 atom stereocenters. The first kappa shape index (κ1) is 18.6. The molecular weight excluding hydrogens is 298 g/mol. The first-order valence-corrected chi connectivity index (χ1v) is 9.41. The van der Waals surface area contributed by atoms with E-state index in [1.807, 2.05) is 13.2 Å². The fraction of sp³-hybridized carbons (Fsp3) is 0.684. The fourth-order valence-electron chi connectivity index (χ4n) is 3.09. The van der Waals surface area contributed by atoms with E-state index in [9.17, 15) is 0 Å². The molecule has 2 heterocycles. The number of aliphatic imine (C=N–C) groups is 1. The monoisotopic (exact) mass is 331 g/mol. The highest BCUT2D eigenvalue weighted by molar-refractivity contribution is 5.79. The van der Waals surface area contributed by atoms with Gasteiger partial charge in [-0.25, -0.2) is 4.98 Å². The van der Waals surface area contributed by atoms with Crippen LogP contribution in [0.3, 0.4) is 0 Å². The van der Waals surface area contributed by atoms with Gasteiger partial charge in [-0.3, -0.25) is 4.99 Å². The Balaban J connectivity index is 1.86. The summed E-state index contributed by atoms with van der Waals surface area (Å²) in [5.74, 6) is 2.68. The van der Waals surface area contributed by atoms with Gasteiger partial charge in [-0.1, -0.05) is 26.7 Å². The molecule has 5 heteroatoms. The minimum Gasteiger partial charge on any atom is -0.357 e. The van der Waals surface area contributed by atoms with Crippen molar-refractivity contribution in [3.05, 3.63) is 23.9 Å². The number of pyridine rings is 1. The van der Waals surface area contributed by atoms with E-state index in [1.165, 1.54) is 37.7 Å². The maximum absolute atomic E-state index is 4.54. The second-order valence-electron chi connectivity index (χ2n) is 6.56. The van der Waals surface area contributed by atoms with Crippen LogP contribution in [0.4, 0.5) is 5.82 Å². The second-order valence-corrected chi connectivity index (χ2v) is 6.56. The van der Waals surface area contributed by atoms with Gasteiger partial charge in [0.15, 0.2) is 5.96 Å². The van der Waals surface area contributed by atoms with Crippen LogP contribution in [0.1, 0.15) is 51.5 Å². The Morgan fingerprint density at radius 3 is 2.62 bits per heavy atom. The summed E-state index contributed by atoms with van der Waals surface area (Å²) in [5, 5.41) is 6.84. The van der Waals surface area contributed by atoms with Crippen molar-refractivity contribution in [2.24, 2.45) is 10.9 Å². The summed E-state index contributed by atoms with van der Waals surface area (Å²) >= 11 is 0. The Morgan fingerprint density at radius 1 is 1.21 bits per heavy atom. The van der Waals surface area contributed by atoms with Crippen LogP contribution in [0.25, 0.3) is 0 Å². The summed E-state index contributed by atoms with van der Waals surface area (Å²) in [7, 11) is 1.83. The molecule has 0 aromatic carbocycles. The zero-order valence-electron chi connectivity index (χ0n) is 15.5. The van der Waals surface area contributed by atoms with Crippen LogP contribution >= 0.6 is 0 Å². The maximum Gasteiger partial charge on any atom is 0.191 e. The summed E-state index contributed by atoms with van der Waals surface area (Å²) < 4.78 is 0. The van der Waals surface area contributed by atoms with Crippen LogP contribution in [0.15, 0.2) is 23.3 Å². The minimum absolute atomic E-state index is 0.704. The molecule has 24 heavy (non-hydrogen) atoms. The standard InChI is InChI=1S/C19H33N5/c1-4-16(5-2)14-22-19(20-3)23-15-17-9-10-21-18(13-17)24-11-7-6-8-12-24/h9-10,13,16H,4-8,11-12,14-15H2,1-3H3,(H2,20,22,23). The molecule has 0 amide bonds. The zero-order valence-corrected chi connectivity index (χ0v) is 15.5. The molecule has 2 rings (SSSR count). The lowest BCUT2D eigenvalue weighted by Crippen LogP contribution is -2.39. The van der Waals surface area contributed by atoms with Crippen molar-refractivity contribution in [1.82, 2.24) is 15.6 Å². The van der Waals surface area contributed by atoms with E-state index in [1.54, 1.807) is 0 Å². The first-order valence-electron chi connectivity index (χ1n) is 9.41. The van der Waals surface area contributed by atoms with E-state index in [0.717, 1.165) is 38.0 Å². The van der Waals surface area contributed by atoms with Crippen LogP contribution in [0.2, 0.25) is 0 Å². The third-order valence-corrected chi connectivity index (χ3v) is 4.89. The SMILES string of the molecule is CCC(CC)CNC(=NC)NCc1ccnc(N2CCCCC2)c1. The van der Waals surface area contributed by atoms with Crippen molar-refractivity contribution in [1.29, 1.82) is 0 Å². The molecular formula is C19H33N5. The van der Waals surface area contributed by atoms with Crippen LogP contribution in [0, 0.1) is 5.92 Å². The number of nitrogens with zero attached hydrogens (tertiary/aromatic N) is 3. The number of hydrogen-bond acceptors (Lipinski definition) is 3. The highest BCUT2D eigenvalue weighted by Gasteiger charge is 2.12. The lowest BCUT2D eigenvalue weighted by molar-refractivity contribution is 0.481. The lowest BCUT2D eigenvalue weighted by atomic mass is 10.0. The highest BCUT2D eigenvalue weighted by Crippen LogP contribution is 2.18. The van der Waals surface area contributed by atoms with E-state index < -0.39 is 0 Å². The Morgan fingerprint density at radius 2 is 1.96 bits per heavy atom. The first-order chi connectivity index (χ1) is 11.8. The van der Waals surface area contributed by atoms with E-state index >= 15 is 0 Å². The van der Waals surface area contributed by atoms with Crippen molar-refractivity contribution < 1.29 is 0 Å². The molecule has 0 radical (unpaired) electrons. The molecule has 1 aliphatic rings. The maximum atomic E-state index is 4.54. The third-order valence-electron chi connectivity index (χ3n) is 4.89. The summed E-state index contributed by atoms with van der Waals surface area (Å²) in [4.78, 5) is 11.3. The fourth-order valence-corrected chi connectivity index (χ4v) is 3.09. The highest BCUT2D eigenvalue weighted by atomic mass is 15.2. The van der Waals surface area contributed by atoms with Gasteiger partial charge >= 0.3 is 0 Å². The van der Waals surface area contributed by atoms with Crippen LogP contribution in [-0.2, 0) is 6.54 Å². The molecule has 2 N–H and O–H groups in total. The molecule has 134 valence electrons. The molecule has 1 fully saturated rings. The number of nitrogens with one attached hydrogen (secondary N) is 2. The smallest absolute Gasteiger partial charge is 0.191 e. The van der Waals surface area contributed by atoms with Gasteiger partial charge in [-0.2, -0.15) is 0 Å². The minimum atomic E-state index is 0.704. The number of guanidine groups is 1. The largest absolute Gasteiger partial charge is 0.357 e. The number of aromatic nitrogens is 1. The Bertz CT molecular complexity index is 504. The Labute approximate surface area is 147 Å². The number of hydrogen-bond donors (Lipinski definition) is 2. The Hall–Kier alpha value is -1.78. The normalized spacial score (nSPS) is 15.7. The molecule has 1 aromatic heterocycles. The average molecular weight is 332 g/mol. The van der Waals surface area contributed by atoms with E-state index in [0.29, 0.717) is 5.92 Å². The molecule has 5 nitrogen and oxygen atoms in total. The van der Waals surface area contributed by atoms with Gasteiger partial charge < -0.3 is 15.5 Å². The summed E-state index contributed by atoms with van der Waals surface area (Å²) in [6.45, 7) is 8.48. The number of piperidine rings is 1. The van der Waals surface area contributed by atoms with Crippen molar-refractivity contribution in [2.75, 3.05) is 31.6 Å². The predicted molar refractivity (Wildman–Crippen MR) is 103 cm³/mol. The molecule has 1 saturated heterocycles. The Kier molecular flexibility index (Phi) is 7.86. The zero-order chi connectivity index (χ0) is 17.2. The van der Waals surface area contributed by atoms with Crippen LogP contribution in [0.5, 0.6) is 0 Å². The van der Waals surface area contributed by atoms with E-state index in [-0.39, 0.29) is 0 Å². The van der Waals surface area contributed by atoms with Gasteiger partial charge in [0.25, 0.3) is 0 Å². The molecule has 1 aliphatic heterocycles. The molecule has 0 unspecified atom stereocenters. The summed E-state index contributed by atoms with van der Waals surface area (Å²) in [6.07, 6.45) is 8.21. The van der Waals surface area contributed by atoms with Gasteiger partial charge in [0.2, 0.25) is 0 Å². The second kappa shape index (κ2) is 10.2. The van der Waals surface area contributed by atoms with Crippen molar-refractivity contribution in [2.45, 2.75) is 52.5 Å². The molecule has 1 aromatic rings. The van der Waals surface area contributed by atoms with Gasteiger partial charge in [-0.15, -0.1) is 0 Å². The molecule has 0 bridgehead atoms. The lowest BCUT2D eigenvalue weighted by Gasteiger charge is -2.28. The number of anilines is 1. The summed E-state index contributed by atoms with van der Waals surface area (Å²) in [5.41, 5.74) is 1.25. The van der Waals surface area contributed by atoms with E-state index in [4.69, 9.17) is 0 Å². The number of rotatable bonds is 7. The molecule has 0 aliphatic carbocycles.